The van der Waals surface area contributed by atoms with Gasteiger partial charge in [-0.3, -0.25) is 4.57 Å². The van der Waals surface area contributed by atoms with Gasteiger partial charge >= 0.3 is 0 Å². The van der Waals surface area contributed by atoms with Gasteiger partial charge in [0.1, 0.15) is 0 Å². The first-order valence-corrected chi connectivity index (χ1v) is 18.0. The van der Waals surface area contributed by atoms with Gasteiger partial charge in [-0.2, -0.15) is 0 Å². The van der Waals surface area contributed by atoms with Gasteiger partial charge in [0.2, 0.25) is 5.95 Å². The van der Waals surface area contributed by atoms with Crippen LogP contribution in [0, 0.1) is 0 Å². The third kappa shape index (κ3) is 4.08. The first kappa shape index (κ1) is 29.2. The highest BCUT2D eigenvalue weighted by Gasteiger charge is 2.35. The van der Waals surface area contributed by atoms with E-state index in [1.165, 1.54) is 65.7 Å². The van der Waals surface area contributed by atoms with E-state index in [2.05, 4.69) is 182 Å². The van der Waals surface area contributed by atoms with Gasteiger partial charge in [0.15, 0.2) is 0 Å². The Kier molecular flexibility index (Phi) is 6.01. The molecule has 1 aliphatic rings. The van der Waals surface area contributed by atoms with Crippen LogP contribution in [0.2, 0.25) is 0 Å². The summed E-state index contributed by atoms with van der Waals surface area (Å²) in [7, 11) is 0. The zero-order chi connectivity index (χ0) is 34.6. The SMILES string of the molecule is CC1(C)c2ccccc2-c2ccc(-c3c4ccccc4cc4c5ccccc5n(-c5nc(-c6ccc7ccccc7c6)c6ccccc6n5)c34)cc21. The Morgan fingerprint density at radius 1 is 0.462 bits per heavy atom. The highest BCUT2D eigenvalue weighted by molar-refractivity contribution is 6.21. The van der Waals surface area contributed by atoms with Gasteiger partial charge in [-0.15, -0.1) is 0 Å². The minimum Gasteiger partial charge on any atom is -0.277 e. The molecule has 0 atom stereocenters. The summed E-state index contributed by atoms with van der Waals surface area (Å²) in [4.78, 5) is 10.8. The summed E-state index contributed by atoms with van der Waals surface area (Å²) in [6.07, 6.45) is 0. The number of hydrogen-bond donors (Lipinski definition) is 0. The van der Waals surface area contributed by atoms with Crippen LogP contribution in [0.4, 0.5) is 0 Å². The molecule has 1 aliphatic carbocycles. The van der Waals surface area contributed by atoms with Crippen LogP contribution >= 0.6 is 0 Å². The molecule has 0 saturated carbocycles. The highest BCUT2D eigenvalue weighted by Crippen LogP contribution is 2.51. The molecule has 0 N–H and O–H groups in total. The summed E-state index contributed by atoms with van der Waals surface area (Å²) in [6, 6.07) is 59.4. The second-order valence-corrected chi connectivity index (χ2v) is 14.6. The van der Waals surface area contributed by atoms with E-state index >= 15 is 0 Å². The highest BCUT2D eigenvalue weighted by atomic mass is 15.2. The molecular weight excluding hydrogens is 631 g/mol. The van der Waals surface area contributed by atoms with Gasteiger partial charge < -0.3 is 0 Å². The van der Waals surface area contributed by atoms with Crippen LogP contribution < -0.4 is 0 Å². The van der Waals surface area contributed by atoms with Crippen LogP contribution in [0.5, 0.6) is 0 Å². The molecule has 0 aliphatic heterocycles. The zero-order valence-electron chi connectivity index (χ0n) is 28.9. The molecule has 0 unspecified atom stereocenters. The molecule has 0 bridgehead atoms. The minimum absolute atomic E-state index is 0.117. The lowest BCUT2D eigenvalue weighted by molar-refractivity contribution is 0.660. The van der Waals surface area contributed by atoms with E-state index in [1.54, 1.807) is 0 Å². The second kappa shape index (κ2) is 10.7. The molecular formula is C49H33N3. The Bertz CT molecular complexity index is 3110. The van der Waals surface area contributed by atoms with E-state index < -0.39 is 0 Å². The molecule has 3 heteroatoms. The van der Waals surface area contributed by atoms with Crippen molar-refractivity contribution in [2.75, 3.05) is 0 Å². The summed E-state index contributed by atoms with van der Waals surface area (Å²) in [5.41, 5.74) is 12.8. The van der Waals surface area contributed by atoms with Crippen molar-refractivity contribution in [2.45, 2.75) is 19.3 Å². The third-order valence-corrected chi connectivity index (χ3v) is 11.4. The van der Waals surface area contributed by atoms with Crippen LogP contribution in [0.25, 0.3) is 93.7 Å². The quantitative estimate of drug-likeness (QED) is 0.188. The summed E-state index contributed by atoms with van der Waals surface area (Å²) in [6.45, 7) is 4.71. The Morgan fingerprint density at radius 3 is 2.02 bits per heavy atom. The largest absolute Gasteiger partial charge is 0.277 e. The molecule has 0 radical (unpaired) electrons. The predicted molar refractivity (Wildman–Crippen MR) is 217 cm³/mol. The normalized spacial score (nSPS) is 13.3. The molecule has 11 rings (SSSR count). The number of para-hydroxylation sites is 2. The molecule has 8 aromatic carbocycles. The van der Waals surface area contributed by atoms with Crippen molar-refractivity contribution in [3.63, 3.8) is 0 Å². The van der Waals surface area contributed by atoms with Crippen molar-refractivity contribution >= 4 is 54.3 Å². The maximum Gasteiger partial charge on any atom is 0.235 e. The first-order chi connectivity index (χ1) is 25.5. The average Bonchev–Trinajstić information content (AvgIpc) is 3.64. The molecule has 0 spiro atoms. The smallest absolute Gasteiger partial charge is 0.235 e. The van der Waals surface area contributed by atoms with Crippen LogP contribution in [0.15, 0.2) is 164 Å². The average molecular weight is 664 g/mol. The minimum atomic E-state index is -0.117. The molecule has 10 aromatic rings. The van der Waals surface area contributed by atoms with Crippen LogP contribution in [0.3, 0.4) is 0 Å². The molecule has 2 aromatic heterocycles. The van der Waals surface area contributed by atoms with E-state index in [1.807, 2.05) is 0 Å². The van der Waals surface area contributed by atoms with Gasteiger partial charge in [0, 0.05) is 32.7 Å². The van der Waals surface area contributed by atoms with Gasteiger partial charge in [-0.05, 0) is 79.7 Å². The lowest BCUT2D eigenvalue weighted by Crippen LogP contribution is -2.14. The zero-order valence-corrected chi connectivity index (χ0v) is 28.9. The summed E-state index contributed by atoms with van der Waals surface area (Å²) < 4.78 is 2.32. The molecule has 2 heterocycles. The van der Waals surface area contributed by atoms with Gasteiger partial charge in [-0.25, -0.2) is 9.97 Å². The number of fused-ring (bicyclic) bond motifs is 9. The van der Waals surface area contributed by atoms with Crippen LogP contribution in [0.1, 0.15) is 25.0 Å². The topological polar surface area (TPSA) is 30.7 Å². The molecule has 0 fully saturated rings. The van der Waals surface area contributed by atoms with E-state index in [4.69, 9.17) is 9.97 Å². The lowest BCUT2D eigenvalue weighted by Gasteiger charge is -2.22. The molecule has 244 valence electrons. The van der Waals surface area contributed by atoms with Crippen molar-refractivity contribution < 1.29 is 0 Å². The maximum atomic E-state index is 5.50. The first-order valence-electron chi connectivity index (χ1n) is 18.0. The monoisotopic (exact) mass is 663 g/mol. The summed E-state index contributed by atoms with van der Waals surface area (Å²) in [5.74, 6) is 0.665. The fraction of sp³-hybridized carbons (Fsp3) is 0.0612. The van der Waals surface area contributed by atoms with E-state index in [9.17, 15) is 0 Å². The second-order valence-electron chi connectivity index (χ2n) is 14.6. The number of benzene rings is 8. The Balaban J connectivity index is 1.26. The fourth-order valence-corrected chi connectivity index (χ4v) is 8.87. The summed E-state index contributed by atoms with van der Waals surface area (Å²) >= 11 is 0. The van der Waals surface area contributed by atoms with Gasteiger partial charge in [0.05, 0.1) is 22.2 Å². The molecule has 0 saturated heterocycles. The maximum absolute atomic E-state index is 5.50. The van der Waals surface area contributed by atoms with Crippen molar-refractivity contribution in [2.24, 2.45) is 0 Å². The van der Waals surface area contributed by atoms with Gasteiger partial charge in [0.25, 0.3) is 0 Å². The van der Waals surface area contributed by atoms with Crippen molar-refractivity contribution in [3.8, 4) is 39.5 Å². The van der Waals surface area contributed by atoms with E-state index in [-0.39, 0.29) is 5.41 Å². The van der Waals surface area contributed by atoms with Crippen LogP contribution in [-0.4, -0.2) is 14.5 Å². The molecule has 3 nitrogen and oxygen atoms in total. The standard InChI is InChI=1S/C49H33N3/c1-49(2)41-20-10-7-17-36(41)37-26-25-33(29-42(37)49)45-35-16-6-5-15-32(35)28-40-38-18-9-12-22-44(38)52(47(40)45)48-50-43-21-11-8-19-39(43)46(51-48)34-24-23-30-13-3-4-14-31(30)27-34/h3-29H,1-2H3. The predicted octanol–water partition coefficient (Wildman–Crippen LogP) is 12.7. The van der Waals surface area contributed by atoms with Gasteiger partial charge in [-0.1, -0.05) is 147 Å². The Morgan fingerprint density at radius 2 is 1.13 bits per heavy atom. The number of nitrogens with zero attached hydrogens (tertiary/aromatic N) is 3. The molecule has 0 amide bonds. The third-order valence-electron chi connectivity index (χ3n) is 11.4. The number of hydrogen-bond acceptors (Lipinski definition) is 2. The summed E-state index contributed by atoms with van der Waals surface area (Å²) in [5, 5.41) is 8.24. The van der Waals surface area contributed by atoms with Crippen molar-refractivity contribution in [1.29, 1.82) is 0 Å². The molecule has 52 heavy (non-hydrogen) atoms. The van der Waals surface area contributed by atoms with E-state index in [0.717, 1.165) is 33.2 Å². The van der Waals surface area contributed by atoms with Crippen molar-refractivity contribution in [1.82, 2.24) is 14.5 Å². The number of aromatic nitrogens is 3. The van der Waals surface area contributed by atoms with E-state index in [0.29, 0.717) is 5.95 Å². The van der Waals surface area contributed by atoms with Crippen LogP contribution in [-0.2, 0) is 5.41 Å². The Labute approximate surface area is 301 Å². The van der Waals surface area contributed by atoms with Crippen molar-refractivity contribution in [3.05, 3.63) is 175 Å². The lowest BCUT2D eigenvalue weighted by atomic mass is 9.81. The number of rotatable bonds is 3. The fourth-order valence-electron chi connectivity index (χ4n) is 8.87. The Hall–Kier alpha value is -6.58.